The number of hydrogen-bond donors (Lipinski definition) is 1. The smallest absolute Gasteiger partial charge is 0.220 e. The second-order valence-electron chi connectivity index (χ2n) is 8.83. The fraction of sp³-hybridized carbons (Fsp3) is 0.957. The summed E-state index contributed by atoms with van der Waals surface area (Å²) in [6.45, 7) is 6.87. The Kier molecular flexibility index (Phi) is 12.3. The molecule has 0 heterocycles. The largest absolute Gasteiger partial charge is 0.353 e. The van der Waals surface area contributed by atoms with E-state index in [0.717, 1.165) is 12.8 Å². The zero-order valence-corrected chi connectivity index (χ0v) is 17.5. The molecule has 0 saturated heterocycles. The molecule has 1 N–H and O–H groups in total. The highest BCUT2D eigenvalue weighted by atomic mass is 16.1. The van der Waals surface area contributed by atoms with Crippen LogP contribution in [0.3, 0.4) is 0 Å². The summed E-state index contributed by atoms with van der Waals surface area (Å²) in [5.74, 6) is 0.284. The number of carbonyl (C=O) groups is 1. The first-order valence-electron chi connectivity index (χ1n) is 11.4. The molecule has 2 nitrogen and oxygen atoms in total. The molecular formula is C23H45NO. The summed E-state index contributed by atoms with van der Waals surface area (Å²) in [6, 6.07) is 0.458. The van der Waals surface area contributed by atoms with Crippen LogP contribution >= 0.6 is 0 Å². The van der Waals surface area contributed by atoms with Crippen molar-refractivity contribution < 1.29 is 4.79 Å². The Morgan fingerprint density at radius 2 is 1.24 bits per heavy atom. The maximum atomic E-state index is 11.9. The third-order valence-corrected chi connectivity index (χ3v) is 6.20. The summed E-state index contributed by atoms with van der Waals surface area (Å²) in [6.07, 6.45) is 22.0. The lowest BCUT2D eigenvalue weighted by Gasteiger charge is -2.45. The van der Waals surface area contributed by atoms with E-state index in [2.05, 4.69) is 26.1 Å². The molecule has 0 unspecified atom stereocenters. The molecule has 2 heteroatoms. The average Bonchev–Trinajstić information content (AvgIpc) is 2.57. The Hall–Kier alpha value is -0.530. The van der Waals surface area contributed by atoms with Crippen LogP contribution in [0, 0.1) is 5.41 Å². The first-order chi connectivity index (χ1) is 12.1. The van der Waals surface area contributed by atoms with E-state index in [1.54, 1.807) is 0 Å². The summed E-state index contributed by atoms with van der Waals surface area (Å²) >= 11 is 0. The third-order valence-electron chi connectivity index (χ3n) is 6.20. The van der Waals surface area contributed by atoms with Crippen molar-refractivity contribution in [2.45, 2.75) is 136 Å². The normalized spacial score (nSPS) is 22.6. The Labute approximate surface area is 157 Å². The minimum atomic E-state index is 0.284. The van der Waals surface area contributed by atoms with Gasteiger partial charge in [0.15, 0.2) is 0 Å². The second-order valence-corrected chi connectivity index (χ2v) is 8.83. The lowest BCUT2D eigenvalue weighted by molar-refractivity contribution is -0.123. The molecule has 25 heavy (non-hydrogen) atoms. The van der Waals surface area contributed by atoms with Crippen LogP contribution in [0.2, 0.25) is 0 Å². The molecule has 0 spiro atoms. The molecule has 1 rings (SSSR count). The monoisotopic (exact) mass is 351 g/mol. The van der Waals surface area contributed by atoms with Crippen molar-refractivity contribution in [2.24, 2.45) is 5.41 Å². The average molecular weight is 352 g/mol. The molecule has 1 aliphatic carbocycles. The van der Waals surface area contributed by atoms with Crippen LogP contribution in [0.4, 0.5) is 0 Å². The lowest BCUT2D eigenvalue weighted by atomic mass is 9.65. The van der Waals surface area contributed by atoms with Crippen LogP contribution in [0.15, 0.2) is 0 Å². The summed E-state index contributed by atoms with van der Waals surface area (Å²) in [5, 5.41) is 3.21. The molecule has 1 fully saturated rings. The van der Waals surface area contributed by atoms with Gasteiger partial charge < -0.3 is 5.32 Å². The van der Waals surface area contributed by atoms with Crippen LogP contribution in [0.5, 0.6) is 0 Å². The van der Waals surface area contributed by atoms with E-state index in [-0.39, 0.29) is 5.91 Å². The number of unbranched alkanes of at least 4 members (excludes halogenated alkanes) is 12. The molecule has 0 bridgehead atoms. The van der Waals surface area contributed by atoms with Gasteiger partial charge in [0.2, 0.25) is 5.91 Å². The van der Waals surface area contributed by atoms with Gasteiger partial charge in [0.05, 0.1) is 0 Å². The van der Waals surface area contributed by atoms with Gasteiger partial charge in [-0.3, -0.25) is 4.79 Å². The highest BCUT2D eigenvalue weighted by Crippen LogP contribution is 2.43. The summed E-state index contributed by atoms with van der Waals surface area (Å²) in [7, 11) is 0. The molecule has 0 aromatic rings. The molecule has 0 radical (unpaired) electrons. The van der Waals surface area contributed by atoms with E-state index in [0.29, 0.717) is 11.5 Å². The van der Waals surface area contributed by atoms with Crippen molar-refractivity contribution in [3.8, 4) is 0 Å². The van der Waals surface area contributed by atoms with Gasteiger partial charge in [0.1, 0.15) is 0 Å². The number of carbonyl (C=O) groups excluding carboxylic acids is 1. The molecule has 148 valence electrons. The predicted molar refractivity (Wildman–Crippen MR) is 110 cm³/mol. The van der Waals surface area contributed by atoms with Crippen LogP contribution < -0.4 is 5.32 Å². The van der Waals surface area contributed by atoms with Crippen LogP contribution in [-0.4, -0.2) is 11.9 Å². The van der Waals surface area contributed by atoms with E-state index in [1.807, 2.05) is 0 Å². The Bertz CT molecular complexity index is 333. The molecule has 1 aliphatic rings. The third kappa shape index (κ3) is 10.9. The summed E-state index contributed by atoms with van der Waals surface area (Å²) in [5.41, 5.74) is 0.494. The number of amides is 1. The van der Waals surface area contributed by atoms with E-state index in [1.165, 1.54) is 96.3 Å². The Balaban J connectivity index is 1.78. The van der Waals surface area contributed by atoms with Gasteiger partial charge in [-0.25, -0.2) is 0 Å². The standard InChI is InChI=1S/C23H45NO/c1-4-6-7-8-9-10-11-12-13-14-15-16-17-18-22(25)24-21-19-23(3,5-2)20-21/h21H,4-20H2,1-3H3,(H,24,25). The van der Waals surface area contributed by atoms with Crippen LogP contribution in [0.25, 0.3) is 0 Å². The minimum Gasteiger partial charge on any atom is -0.353 e. The van der Waals surface area contributed by atoms with Gasteiger partial charge in [-0.2, -0.15) is 0 Å². The van der Waals surface area contributed by atoms with Gasteiger partial charge in [0.25, 0.3) is 0 Å². The van der Waals surface area contributed by atoms with Gasteiger partial charge in [-0.1, -0.05) is 104 Å². The zero-order chi connectivity index (χ0) is 18.4. The maximum Gasteiger partial charge on any atom is 0.220 e. The van der Waals surface area contributed by atoms with E-state index < -0.39 is 0 Å². The highest BCUT2D eigenvalue weighted by Gasteiger charge is 2.39. The van der Waals surface area contributed by atoms with Gasteiger partial charge in [-0.05, 0) is 24.7 Å². The fourth-order valence-corrected chi connectivity index (χ4v) is 4.12. The Morgan fingerprint density at radius 1 is 0.800 bits per heavy atom. The minimum absolute atomic E-state index is 0.284. The first kappa shape index (κ1) is 22.5. The van der Waals surface area contributed by atoms with E-state index in [4.69, 9.17) is 0 Å². The SMILES string of the molecule is CCCCCCCCCCCCCCCC(=O)NC1CC(C)(CC)C1. The van der Waals surface area contributed by atoms with Crippen molar-refractivity contribution in [2.75, 3.05) is 0 Å². The fourth-order valence-electron chi connectivity index (χ4n) is 4.12. The van der Waals surface area contributed by atoms with Crippen LogP contribution in [-0.2, 0) is 4.79 Å². The molecule has 0 aromatic carbocycles. The molecule has 0 aliphatic heterocycles. The predicted octanol–water partition coefficient (Wildman–Crippen LogP) is 7.16. The Morgan fingerprint density at radius 3 is 1.68 bits per heavy atom. The topological polar surface area (TPSA) is 29.1 Å². The summed E-state index contributed by atoms with van der Waals surface area (Å²) in [4.78, 5) is 11.9. The van der Waals surface area contributed by atoms with Gasteiger partial charge >= 0.3 is 0 Å². The molecule has 1 amide bonds. The van der Waals surface area contributed by atoms with Crippen molar-refractivity contribution in [3.63, 3.8) is 0 Å². The molecular weight excluding hydrogens is 306 g/mol. The number of nitrogens with one attached hydrogen (secondary N) is 1. The lowest BCUT2D eigenvalue weighted by Crippen LogP contribution is -2.49. The maximum absolute atomic E-state index is 11.9. The molecule has 0 aromatic heterocycles. The first-order valence-corrected chi connectivity index (χ1v) is 11.4. The van der Waals surface area contributed by atoms with Gasteiger partial charge in [-0.15, -0.1) is 0 Å². The highest BCUT2D eigenvalue weighted by molar-refractivity contribution is 5.76. The molecule has 1 saturated carbocycles. The second kappa shape index (κ2) is 13.6. The van der Waals surface area contributed by atoms with E-state index in [9.17, 15) is 4.79 Å². The quantitative estimate of drug-likeness (QED) is 0.294. The van der Waals surface area contributed by atoms with Crippen molar-refractivity contribution in [1.82, 2.24) is 5.32 Å². The van der Waals surface area contributed by atoms with Gasteiger partial charge in [0, 0.05) is 12.5 Å². The summed E-state index contributed by atoms with van der Waals surface area (Å²) < 4.78 is 0. The van der Waals surface area contributed by atoms with Crippen LogP contribution in [0.1, 0.15) is 130 Å². The van der Waals surface area contributed by atoms with Crippen molar-refractivity contribution in [1.29, 1.82) is 0 Å². The van der Waals surface area contributed by atoms with Crippen molar-refractivity contribution in [3.05, 3.63) is 0 Å². The zero-order valence-electron chi connectivity index (χ0n) is 17.5. The number of hydrogen-bond acceptors (Lipinski definition) is 1. The van der Waals surface area contributed by atoms with E-state index >= 15 is 0 Å². The number of rotatable bonds is 16. The van der Waals surface area contributed by atoms with Crippen molar-refractivity contribution >= 4 is 5.91 Å². The molecule has 0 atom stereocenters.